The summed E-state index contributed by atoms with van der Waals surface area (Å²) in [5.74, 6) is -0.750. The zero-order valence-electron chi connectivity index (χ0n) is 7.52. The molecule has 15 heavy (non-hydrogen) atoms. The van der Waals surface area contributed by atoms with Crippen LogP contribution >= 0.6 is 0 Å². The van der Waals surface area contributed by atoms with Gasteiger partial charge in [-0.2, -0.15) is 0 Å². The summed E-state index contributed by atoms with van der Waals surface area (Å²) in [7, 11) is 0. The summed E-state index contributed by atoms with van der Waals surface area (Å²) in [6.45, 7) is 0.356. The Hall–Kier alpha value is -2.31. The van der Waals surface area contributed by atoms with Crippen LogP contribution in [-0.4, -0.2) is 23.7 Å². The Morgan fingerprint density at radius 1 is 1.47 bits per heavy atom. The van der Waals surface area contributed by atoms with Gasteiger partial charge in [0, 0.05) is 12.3 Å². The highest BCUT2D eigenvalue weighted by atomic mass is 16.5. The molecule has 2 N–H and O–H groups in total. The van der Waals surface area contributed by atoms with Gasteiger partial charge >= 0.3 is 0 Å². The van der Waals surface area contributed by atoms with E-state index in [2.05, 4.69) is 15.5 Å². The van der Waals surface area contributed by atoms with Crippen LogP contribution in [0.3, 0.4) is 0 Å². The molecule has 0 saturated carbocycles. The van der Waals surface area contributed by atoms with E-state index in [0.717, 1.165) is 0 Å². The molecule has 1 aliphatic heterocycles. The van der Waals surface area contributed by atoms with Gasteiger partial charge < -0.3 is 15.5 Å². The fourth-order valence-electron chi connectivity index (χ4n) is 1.31. The number of nitrogens with zero attached hydrogens (tertiary/aromatic N) is 1. The molecule has 0 radical (unpaired) electrons. The first kappa shape index (κ1) is 9.25. The van der Waals surface area contributed by atoms with E-state index in [-0.39, 0.29) is 24.6 Å². The van der Waals surface area contributed by atoms with E-state index in [0.29, 0.717) is 0 Å². The zero-order valence-corrected chi connectivity index (χ0v) is 7.52. The van der Waals surface area contributed by atoms with Crippen molar-refractivity contribution in [2.24, 2.45) is 0 Å². The molecule has 1 aromatic rings. The molecule has 1 amide bonds. The van der Waals surface area contributed by atoms with Crippen molar-refractivity contribution in [1.29, 1.82) is 0 Å². The van der Waals surface area contributed by atoms with Gasteiger partial charge in [-0.25, -0.2) is 0 Å². The zero-order chi connectivity index (χ0) is 10.8. The number of hydrogen-bond donors (Lipinski definition) is 2. The summed E-state index contributed by atoms with van der Waals surface area (Å²) in [6, 6.07) is 1.20. The van der Waals surface area contributed by atoms with E-state index >= 15 is 0 Å². The second kappa shape index (κ2) is 3.45. The van der Waals surface area contributed by atoms with Crippen molar-refractivity contribution in [2.45, 2.75) is 0 Å². The molecular weight excluding hydrogens is 202 g/mol. The highest BCUT2D eigenvalue weighted by Gasteiger charge is 2.22. The smallest absolute Gasteiger partial charge is 0.298 e. The van der Waals surface area contributed by atoms with Gasteiger partial charge in [0.25, 0.3) is 12.4 Å². The minimum atomic E-state index is -0.521. The third-order valence-electron chi connectivity index (χ3n) is 1.93. The first-order valence-corrected chi connectivity index (χ1v) is 4.12. The fourth-order valence-corrected chi connectivity index (χ4v) is 1.31. The van der Waals surface area contributed by atoms with E-state index in [4.69, 9.17) is 0 Å². The summed E-state index contributed by atoms with van der Waals surface area (Å²) in [4.78, 5) is 32.9. The number of nitrogens with one attached hydrogen (secondary N) is 2. The van der Waals surface area contributed by atoms with Crippen molar-refractivity contribution >= 4 is 12.4 Å². The predicted molar refractivity (Wildman–Crippen MR) is 49.1 cm³/mol. The largest absolute Gasteiger partial charge is 0.422 e. The normalized spacial score (nSPS) is 13.5. The van der Waals surface area contributed by atoms with Gasteiger partial charge in [0.1, 0.15) is 6.67 Å². The lowest BCUT2D eigenvalue weighted by Gasteiger charge is -2.21. The molecule has 0 spiro atoms. The van der Waals surface area contributed by atoms with Crippen LogP contribution in [0, 0.1) is 0 Å². The second-order valence-corrected chi connectivity index (χ2v) is 2.78. The molecule has 0 atom stereocenters. The van der Waals surface area contributed by atoms with Crippen LogP contribution < -0.4 is 20.9 Å². The first-order chi connectivity index (χ1) is 7.24. The molecule has 7 heteroatoms. The van der Waals surface area contributed by atoms with Gasteiger partial charge in [0.2, 0.25) is 11.2 Å². The molecule has 0 aromatic carbocycles. The number of carbonyl (C=O) groups is 2. The molecule has 2 heterocycles. The summed E-state index contributed by atoms with van der Waals surface area (Å²) in [5.41, 5.74) is 2.23. The molecule has 0 bridgehead atoms. The lowest BCUT2D eigenvalue weighted by molar-refractivity contribution is -0.120. The molecule has 0 saturated heterocycles. The van der Waals surface area contributed by atoms with E-state index < -0.39 is 11.3 Å². The Labute approximate surface area is 83.6 Å². The molecule has 1 aliphatic rings. The number of aromatic nitrogens is 1. The second-order valence-electron chi connectivity index (χ2n) is 2.78. The summed E-state index contributed by atoms with van der Waals surface area (Å²) in [6.07, 6.45) is 1.40. The number of fused-ring (bicyclic) bond motifs is 1. The Morgan fingerprint density at radius 3 is 3.00 bits per heavy atom. The van der Waals surface area contributed by atoms with Crippen LogP contribution in [0.2, 0.25) is 0 Å². The molecule has 2 rings (SSSR count). The maximum Gasteiger partial charge on any atom is 0.298 e. The lowest BCUT2D eigenvalue weighted by atomic mass is 10.3. The molecule has 0 fully saturated rings. The van der Waals surface area contributed by atoms with Crippen LogP contribution in [-0.2, 0) is 4.79 Å². The Bertz CT molecular complexity index is 479. The number of amides is 1. The standard InChI is InChI=1S/C8H7N3O4/c12-4-15-7-5(13)1-2-11-6(7)8(14)9-3-10-11/h1-2,4,10H,3H2,(H,9,14). The monoisotopic (exact) mass is 209 g/mol. The minimum Gasteiger partial charge on any atom is -0.422 e. The van der Waals surface area contributed by atoms with Crippen LogP contribution in [0.5, 0.6) is 5.75 Å². The number of hydrogen-bond acceptors (Lipinski definition) is 5. The molecule has 0 unspecified atom stereocenters. The Morgan fingerprint density at radius 2 is 2.27 bits per heavy atom. The summed E-state index contributed by atoms with van der Waals surface area (Å²) < 4.78 is 5.82. The summed E-state index contributed by atoms with van der Waals surface area (Å²) >= 11 is 0. The van der Waals surface area contributed by atoms with Crippen molar-refractivity contribution < 1.29 is 14.3 Å². The van der Waals surface area contributed by atoms with Gasteiger partial charge in [-0.3, -0.25) is 19.1 Å². The maximum absolute atomic E-state index is 11.4. The Balaban J connectivity index is 2.65. The molecule has 7 nitrogen and oxygen atoms in total. The average molecular weight is 209 g/mol. The topological polar surface area (TPSA) is 89.4 Å². The van der Waals surface area contributed by atoms with Crippen molar-refractivity contribution in [3.63, 3.8) is 0 Å². The number of pyridine rings is 1. The van der Waals surface area contributed by atoms with Crippen molar-refractivity contribution in [1.82, 2.24) is 9.99 Å². The maximum atomic E-state index is 11.4. The minimum absolute atomic E-state index is 0.0131. The number of rotatable bonds is 2. The Kier molecular flexibility index (Phi) is 2.13. The van der Waals surface area contributed by atoms with Gasteiger partial charge in [0.05, 0.1) is 0 Å². The van der Waals surface area contributed by atoms with E-state index in [1.807, 2.05) is 0 Å². The van der Waals surface area contributed by atoms with Crippen LogP contribution in [0.4, 0.5) is 0 Å². The van der Waals surface area contributed by atoms with E-state index in [9.17, 15) is 14.4 Å². The average Bonchev–Trinajstić information content (AvgIpc) is 2.23. The highest BCUT2D eigenvalue weighted by Crippen LogP contribution is 2.12. The van der Waals surface area contributed by atoms with Crippen molar-refractivity contribution in [3.05, 3.63) is 28.2 Å². The molecule has 78 valence electrons. The SMILES string of the molecule is O=COc1c2n(ccc1=O)NCNC2=O. The van der Waals surface area contributed by atoms with Gasteiger partial charge in [0.15, 0.2) is 5.69 Å². The van der Waals surface area contributed by atoms with Crippen LogP contribution in [0.25, 0.3) is 0 Å². The molecule has 1 aromatic heterocycles. The van der Waals surface area contributed by atoms with Gasteiger partial charge in [-0.1, -0.05) is 0 Å². The summed E-state index contributed by atoms with van der Waals surface area (Å²) in [5, 5.41) is 2.46. The molecule has 0 aliphatic carbocycles. The van der Waals surface area contributed by atoms with Gasteiger partial charge in [-0.05, 0) is 0 Å². The number of carbonyl (C=O) groups excluding carboxylic acids is 2. The highest BCUT2D eigenvalue weighted by molar-refractivity contribution is 5.96. The van der Waals surface area contributed by atoms with Crippen LogP contribution in [0.15, 0.2) is 17.1 Å². The lowest BCUT2D eigenvalue weighted by Crippen LogP contribution is -2.43. The third-order valence-corrected chi connectivity index (χ3v) is 1.93. The van der Waals surface area contributed by atoms with Gasteiger partial charge in [-0.15, -0.1) is 0 Å². The van der Waals surface area contributed by atoms with Crippen LogP contribution in [0.1, 0.15) is 10.5 Å². The fraction of sp³-hybridized carbons (Fsp3) is 0.125. The number of ether oxygens (including phenoxy) is 1. The predicted octanol–water partition coefficient (Wildman–Crippen LogP) is -1.37. The quantitative estimate of drug-likeness (QED) is 0.586. The first-order valence-electron chi connectivity index (χ1n) is 4.12. The molecular formula is C8H7N3O4. The van der Waals surface area contributed by atoms with Crippen molar-refractivity contribution in [2.75, 3.05) is 12.1 Å². The van der Waals surface area contributed by atoms with E-state index in [1.54, 1.807) is 0 Å². The third kappa shape index (κ3) is 1.43. The van der Waals surface area contributed by atoms with E-state index in [1.165, 1.54) is 16.9 Å². The van der Waals surface area contributed by atoms with Crippen molar-refractivity contribution in [3.8, 4) is 5.75 Å².